The molecule has 0 saturated heterocycles. The number of alkyl halides is 3. The number of aromatic nitrogens is 2. The molecule has 3 aromatic rings. The average molecular weight is 457 g/mol. The van der Waals surface area contributed by atoms with E-state index in [9.17, 15) is 23.2 Å². The highest BCUT2D eigenvalue weighted by Crippen LogP contribution is 2.45. The zero-order valence-electron chi connectivity index (χ0n) is 16.7. The minimum Gasteiger partial charge on any atom is -0.363 e. The first-order valence-corrected chi connectivity index (χ1v) is 11.0. The van der Waals surface area contributed by atoms with E-state index in [1.807, 2.05) is 0 Å². The van der Waals surface area contributed by atoms with Gasteiger partial charge in [0.05, 0.1) is 17.8 Å². The smallest absolute Gasteiger partial charge is 0.363 e. The Hall–Kier alpha value is -3.32. The van der Waals surface area contributed by atoms with E-state index >= 15 is 0 Å². The molecule has 2 aromatic heterocycles. The van der Waals surface area contributed by atoms with Gasteiger partial charge in [-0.3, -0.25) is 4.79 Å². The summed E-state index contributed by atoms with van der Waals surface area (Å²) in [5, 5.41) is 19.7. The molecule has 164 valence electrons. The fraction of sp³-hybridized carbons (Fsp3) is 0.318. The van der Waals surface area contributed by atoms with Gasteiger partial charge < -0.3 is 10.6 Å². The van der Waals surface area contributed by atoms with Crippen LogP contribution in [0.5, 0.6) is 0 Å². The summed E-state index contributed by atoms with van der Waals surface area (Å²) in [6.45, 7) is 0. The summed E-state index contributed by atoms with van der Waals surface area (Å²) in [7, 11) is 0. The Morgan fingerprint density at radius 2 is 2.06 bits per heavy atom. The summed E-state index contributed by atoms with van der Waals surface area (Å²) in [6.07, 6.45) is -0.976. The summed E-state index contributed by atoms with van der Waals surface area (Å²) in [4.78, 5) is 14.1. The van der Waals surface area contributed by atoms with E-state index in [1.54, 1.807) is 30.3 Å². The zero-order valence-corrected chi connectivity index (χ0v) is 17.6. The average Bonchev–Trinajstić information content (AvgIpc) is 3.47. The summed E-state index contributed by atoms with van der Waals surface area (Å²) in [5.74, 6) is -0.572. The monoisotopic (exact) mass is 457 g/mol. The number of carbonyl (C=O) groups is 1. The van der Waals surface area contributed by atoms with Gasteiger partial charge in [0.1, 0.15) is 22.5 Å². The number of carbonyl (C=O) groups excluding carboxylic acids is 1. The minimum atomic E-state index is -4.52. The van der Waals surface area contributed by atoms with Gasteiger partial charge in [0.25, 0.3) is 5.91 Å². The maximum atomic E-state index is 13.8. The van der Waals surface area contributed by atoms with Crippen LogP contribution in [0.3, 0.4) is 0 Å². The van der Waals surface area contributed by atoms with E-state index in [2.05, 4.69) is 21.8 Å². The van der Waals surface area contributed by atoms with Crippen molar-refractivity contribution in [3.63, 3.8) is 0 Å². The molecule has 2 atom stereocenters. The van der Waals surface area contributed by atoms with E-state index in [1.165, 1.54) is 11.3 Å². The number of thiophene rings is 1. The molecule has 0 bridgehead atoms. The number of fused-ring (bicyclic) bond motifs is 2. The number of hydrogen-bond acceptors (Lipinski definition) is 5. The number of nitriles is 1. The van der Waals surface area contributed by atoms with Crippen molar-refractivity contribution in [2.24, 2.45) is 0 Å². The second kappa shape index (κ2) is 7.67. The molecule has 32 heavy (non-hydrogen) atoms. The Morgan fingerprint density at radius 3 is 2.78 bits per heavy atom. The largest absolute Gasteiger partial charge is 0.410 e. The third-order valence-electron chi connectivity index (χ3n) is 5.95. The Bertz CT molecular complexity index is 1220. The molecular formula is C22H18F3N5OS. The predicted octanol–water partition coefficient (Wildman–Crippen LogP) is 5.22. The molecule has 6 nitrogen and oxygen atoms in total. The molecule has 0 fully saturated rings. The molecule has 0 radical (unpaired) electrons. The first-order valence-electron chi connectivity index (χ1n) is 10.2. The van der Waals surface area contributed by atoms with Crippen LogP contribution < -0.4 is 10.6 Å². The first-order chi connectivity index (χ1) is 15.4. The van der Waals surface area contributed by atoms with Crippen LogP contribution in [0.15, 0.2) is 36.5 Å². The van der Waals surface area contributed by atoms with Crippen molar-refractivity contribution in [1.29, 1.82) is 5.26 Å². The van der Waals surface area contributed by atoms with Crippen LogP contribution in [-0.2, 0) is 12.8 Å². The molecular weight excluding hydrogens is 439 g/mol. The molecule has 1 amide bonds. The highest BCUT2D eigenvalue weighted by Gasteiger charge is 2.47. The summed E-state index contributed by atoms with van der Waals surface area (Å²) in [5.41, 5.74) is 2.11. The third-order valence-corrected chi connectivity index (χ3v) is 7.15. The lowest BCUT2D eigenvalue weighted by Crippen LogP contribution is -2.36. The van der Waals surface area contributed by atoms with Gasteiger partial charge in [0, 0.05) is 11.3 Å². The molecule has 5 rings (SSSR count). The van der Waals surface area contributed by atoms with Crippen LogP contribution in [0.4, 0.5) is 24.0 Å². The van der Waals surface area contributed by atoms with Crippen LogP contribution in [0.25, 0.3) is 0 Å². The van der Waals surface area contributed by atoms with Crippen LogP contribution in [-0.4, -0.2) is 21.9 Å². The van der Waals surface area contributed by atoms with Gasteiger partial charge in [0.2, 0.25) is 0 Å². The molecule has 2 aliphatic rings. The van der Waals surface area contributed by atoms with Crippen molar-refractivity contribution in [2.45, 2.75) is 43.9 Å². The SMILES string of the molecule is N#Cc1c(NC(=O)c2cnn3c2N[C@H](c2ccccc2)C[C@H]3C(F)(F)F)sc2c1CCC2. The molecule has 0 saturated carbocycles. The van der Waals surface area contributed by atoms with E-state index in [-0.39, 0.29) is 17.8 Å². The van der Waals surface area contributed by atoms with Crippen LogP contribution >= 0.6 is 11.3 Å². The fourth-order valence-corrected chi connectivity index (χ4v) is 5.65. The molecule has 10 heteroatoms. The summed E-state index contributed by atoms with van der Waals surface area (Å²) in [6, 6.07) is 8.50. The van der Waals surface area contributed by atoms with E-state index < -0.39 is 24.2 Å². The second-order valence-electron chi connectivity index (χ2n) is 7.88. The molecule has 1 aromatic carbocycles. The van der Waals surface area contributed by atoms with E-state index in [4.69, 9.17) is 0 Å². The standard InChI is InChI=1S/C22H18F3N5OS/c23-22(24,25)18-9-16(12-5-2-1-3-6-12)28-19-15(11-27-30(18)19)20(31)29-21-14(10-26)13-7-4-8-17(13)32-21/h1-3,5-6,11,16,18,28H,4,7-9H2,(H,29,31)/t16-,18-/m0/s1. The molecule has 0 spiro atoms. The third kappa shape index (κ3) is 3.42. The quantitative estimate of drug-likeness (QED) is 0.565. The van der Waals surface area contributed by atoms with E-state index in [0.29, 0.717) is 16.1 Å². The first kappa shape index (κ1) is 20.6. The maximum absolute atomic E-state index is 13.8. The topological polar surface area (TPSA) is 82.7 Å². The summed E-state index contributed by atoms with van der Waals surface area (Å²) >= 11 is 1.36. The zero-order chi connectivity index (χ0) is 22.5. The Balaban J connectivity index is 1.49. The Kier molecular flexibility index (Phi) is 4.93. The molecule has 3 heterocycles. The van der Waals surface area contributed by atoms with Gasteiger partial charge in [0.15, 0.2) is 6.04 Å². The number of nitrogens with zero attached hydrogens (tertiary/aromatic N) is 3. The molecule has 2 N–H and O–H groups in total. The van der Waals surface area contributed by atoms with Gasteiger partial charge in [-0.1, -0.05) is 30.3 Å². The normalized spacial score (nSPS) is 19.6. The van der Waals surface area contributed by atoms with Crippen molar-refractivity contribution in [2.75, 3.05) is 10.6 Å². The fourth-order valence-electron chi connectivity index (χ4n) is 4.41. The lowest BCUT2D eigenvalue weighted by molar-refractivity contribution is -0.173. The van der Waals surface area contributed by atoms with Crippen molar-refractivity contribution in [1.82, 2.24) is 9.78 Å². The van der Waals surface area contributed by atoms with Gasteiger partial charge in [-0.2, -0.15) is 23.5 Å². The number of benzene rings is 1. The number of anilines is 2. The number of nitrogens with one attached hydrogen (secondary N) is 2. The minimum absolute atomic E-state index is 0.0114. The molecule has 0 unspecified atom stereocenters. The van der Waals surface area contributed by atoms with E-state index in [0.717, 1.165) is 40.6 Å². The number of amides is 1. The highest BCUT2D eigenvalue weighted by atomic mass is 32.1. The lowest BCUT2D eigenvalue weighted by atomic mass is 9.96. The molecule has 1 aliphatic carbocycles. The Morgan fingerprint density at radius 1 is 1.28 bits per heavy atom. The predicted molar refractivity (Wildman–Crippen MR) is 114 cm³/mol. The number of aryl methyl sites for hydroxylation is 1. The Labute approximate surface area is 185 Å². The van der Waals surface area contributed by atoms with Crippen molar-refractivity contribution < 1.29 is 18.0 Å². The summed E-state index contributed by atoms with van der Waals surface area (Å²) < 4.78 is 42.3. The van der Waals surface area contributed by atoms with Crippen molar-refractivity contribution >= 4 is 28.1 Å². The van der Waals surface area contributed by atoms with Gasteiger partial charge in [-0.25, -0.2) is 4.68 Å². The van der Waals surface area contributed by atoms with Crippen LogP contribution in [0.2, 0.25) is 0 Å². The number of hydrogen-bond donors (Lipinski definition) is 2. The van der Waals surface area contributed by atoms with Crippen molar-refractivity contribution in [3.05, 3.63) is 63.7 Å². The number of rotatable bonds is 3. The van der Waals surface area contributed by atoms with Gasteiger partial charge in [-0.05, 0) is 30.4 Å². The lowest BCUT2D eigenvalue weighted by Gasteiger charge is -2.34. The van der Waals surface area contributed by atoms with Crippen LogP contribution in [0.1, 0.15) is 56.9 Å². The van der Waals surface area contributed by atoms with Crippen molar-refractivity contribution in [3.8, 4) is 6.07 Å². The highest BCUT2D eigenvalue weighted by molar-refractivity contribution is 7.16. The second-order valence-corrected chi connectivity index (χ2v) is 8.98. The van der Waals surface area contributed by atoms with Crippen LogP contribution in [0, 0.1) is 11.3 Å². The number of halogens is 3. The van der Waals surface area contributed by atoms with Gasteiger partial charge >= 0.3 is 6.18 Å². The maximum Gasteiger partial charge on any atom is 0.410 e. The van der Waals surface area contributed by atoms with Gasteiger partial charge in [-0.15, -0.1) is 11.3 Å². The molecule has 1 aliphatic heterocycles.